The van der Waals surface area contributed by atoms with Crippen LogP contribution in [0.1, 0.15) is 5.69 Å². The van der Waals surface area contributed by atoms with E-state index in [1.807, 2.05) is 12.1 Å². The first kappa shape index (κ1) is 18.7. The van der Waals surface area contributed by atoms with Gasteiger partial charge in [0.2, 0.25) is 0 Å². The van der Waals surface area contributed by atoms with Gasteiger partial charge in [-0.15, -0.1) is 5.10 Å². The lowest BCUT2D eigenvalue weighted by Gasteiger charge is -2.39. The first-order valence-corrected chi connectivity index (χ1v) is 8.01. The van der Waals surface area contributed by atoms with Crippen molar-refractivity contribution in [1.82, 2.24) is 15.0 Å². The molecule has 0 aliphatic carbocycles. The average Bonchev–Trinajstić information content (AvgIpc) is 3.15. The molecule has 0 unspecified atom stereocenters. The highest BCUT2D eigenvalue weighted by Gasteiger charge is 2.44. The van der Waals surface area contributed by atoms with Gasteiger partial charge in [0.15, 0.2) is 6.29 Å². The van der Waals surface area contributed by atoms with Gasteiger partial charge < -0.3 is 34.6 Å². The second kappa shape index (κ2) is 8.08. The molecule has 1 aromatic carbocycles. The lowest BCUT2D eigenvalue weighted by atomic mass is 9.99. The van der Waals surface area contributed by atoms with E-state index in [-0.39, 0.29) is 6.61 Å². The molecule has 1 fully saturated rings. The van der Waals surface area contributed by atoms with Gasteiger partial charge in [-0.2, -0.15) is 0 Å². The third kappa shape index (κ3) is 3.85. The first-order chi connectivity index (χ1) is 12.5. The van der Waals surface area contributed by atoms with Crippen molar-refractivity contribution in [2.45, 2.75) is 37.3 Å². The van der Waals surface area contributed by atoms with Crippen LogP contribution in [0.2, 0.25) is 0 Å². The molecule has 4 N–H and O–H groups in total. The molecule has 1 saturated heterocycles. The van der Waals surface area contributed by atoms with Crippen molar-refractivity contribution < 1.29 is 34.6 Å². The lowest BCUT2D eigenvalue weighted by Crippen LogP contribution is -2.59. The van der Waals surface area contributed by atoms with Crippen LogP contribution < -0.4 is 4.74 Å². The molecule has 10 heteroatoms. The van der Waals surface area contributed by atoms with Crippen LogP contribution in [0.5, 0.6) is 5.75 Å². The molecular formula is C16H21N3O7. The van der Waals surface area contributed by atoms with E-state index >= 15 is 0 Å². The third-order valence-corrected chi connectivity index (χ3v) is 4.12. The van der Waals surface area contributed by atoms with Crippen LogP contribution in [0.25, 0.3) is 5.69 Å². The summed E-state index contributed by atoms with van der Waals surface area (Å²) in [5.74, 6) is 0.722. The average molecular weight is 367 g/mol. The van der Waals surface area contributed by atoms with Crippen molar-refractivity contribution >= 4 is 0 Å². The fraction of sp³-hybridized carbons (Fsp3) is 0.500. The maximum atomic E-state index is 9.94. The van der Waals surface area contributed by atoms with Crippen LogP contribution in [0.3, 0.4) is 0 Å². The Kier molecular flexibility index (Phi) is 5.81. The summed E-state index contributed by atoms with van der Waals surface area (Å²) >= 11 is 0. The molecule has 0 spiro atoms. The lowest BCUT2D eigenvalue weighted by molar-refractivity contribution is -0.304. The Labute approximate surface area is 149 Å². The monoisotopic (exact) mass is 367 g/mol. The number of rotatable bonds is 6. The number of aliphatic hydroxyl groups is 4. The van der Waals surface area contributed by atoms with E-state index in [1.54, 1.807) is 30.1 Å². The van der Waals surface area contributed by atoms with Gasteiger partial charge in [-0.25, -0.2) is 4.68 Å². The number of methoxy groups -OCH3 is 1. The molecule has 142 valence electrons. The Morgan fingerprint density at radius 2 is 1.85 bits per heavy atom. The Hall–Kier alpha value is -2.08. The molecule has 0 amide bonds. The second-order valence-electron chi connectivity index (χ2n) is 5.86. The summed E-state index contributed by atoms with van der Waals surface area (Å²) in [5, 5.41) is 46.6. The van der Waals surface area contributed by atoms with Crippen molar-refractivity contribution in [1.29, 1.82) is 0 Å². The molecule has 3 rings (SSSR count). The number of hydrogen-bond acceptors (Lipinski definition) is 9. The number of aliphatic hydroxyl groups excluding tert-OH is 4. The topological polar surface area (TPSA) is 139 Å². The maximum absolute atomic E-state index is 9.94. The van der Waals surface area contributed by atoms with E-state index in [1.165, 1.54) is 0 Å². The van der Waals surface area contributed by atoms with Gasteiger partial charge in [0.05, 0.1) is 32.2 Å². The Bertz CT molecular complexity index is 706. The summed E-state index contributed by atoms with van der Waals surface area (Å²) in [7, 11) is 1.58. The predicted octanol–water partition coefficient (Wildman–Crippen LogP) is -1.41. The molecule has 1 aliphatic rings. The minimum absolute atomic E-state index is 0.0428. The van der Waals surface area contributed by atoms with E-state index in [0.29, 0.717) is 5.69 Å². The number of hydrogen-bond donors (Lipinski definition) is 4. The van der Waals surface area contributed by atoms with E-state index < -0.39 is 37.3 Å². The highest BCUT2D eigenvalue weighted by Crippen LogP contribution is 2.22. The van der Waals surface area contributed by atoms with Gasteiger partial charge in [0.1, 0.15) is 35.9 Å². The molecule has 1 aliphatic heterocycles. The van der Waals surface area contributed by atoms with Gasteiger partial charge in [0.25, 0.3) is 0 Å². The Morgan fingerprint density at radius 1 is 1.12 bits per heavy atom. The van der Waals surface area contributed by atoms with Gasteiger partial charge in [-0.3, -0.25) is 0 Å². The maximum Gasteiger partial charge on any atom is 0.187 e. The van der Waals surface area contributed by atoms with Crippen LogP contribution in [-0.4, -0.2) is 79.8 Å². The summed E-state index contributed by atoms with van der Waals surface area (Å²) < 4.78 is 17.3. The predicted molar refractivity (Wildman–Crippen MR) is 86.5 cm³/mol. The number of nitrogens with zero attached hydrogens (tertiary/aromatic N) is 3. The van der Waals surface area contributed by atoms with Crippen molar-refractivity contribution in [2.24, 2.45) is 0 Å². The number of aromatic nitrogens is 3. The number of benzene rings is 1. The zero-order valence-electron chi connectivity index (χ0n) is 14.0. The minimum Gasteiger partial charge on any atom is -0.497 e. The van der Waals surface area contributed by atoms with Crippen LogP contribution in [-0.2, 0) is 16.1 Å². The minimum atomic E-state index is -1.49. The molecule has 26 heavy (non-hydrogen) atoms. The molecule has 2 aromatic rings. The van der Waals surface area contributed by atoms with Crippen LogP contribution in [0.15, 0.2) is 30.5 Å². The van der Waals surface area contributed by atoms with Crippen LogP contribution >= 0.6 is 0 Å². The van der Waals surface area contributed by atoms with Gasteiger partial charge in [-0.05, 0) is 24.3 Å². The van der Waals surface area contributed by atoms with Crippen molar-refractivity contribution in [3.63, 3.8) is 0 Å². The summed E-state index contributed by atoms with van der Waals surface area (Å²) in [6.07, 6.45) is -4.95. The molecule has 10 nitrogen and oxygen atoms in total. The summed E-state index contributed by atoms with van der Waals surface area (Å²) in [6, 6.07) is 7.22. The van der Waals surface area contributed by atoms with Crippen LogP contribution in [0.4, 0.5) is 0 Å². The highest BCUT2D eigenvalue weighted by atomic mass is 16.7. The molecule has 0 bridgehead atoms. The zero-order chi connectivity index (χ0) is 18.7. The largest absolute Gasteiger partial charge is 0.497 e. The second-order valence-corrected chi connectivity index (χ2v) is 5.86. The molecule has 2 heterocycles. The van der Waals surface area contributed by atoms with E-state index in [9.17, 15) is 15.3 Å². The quantitative estimate of drug-likeness (QED) is 0.485. The van der Waals surface area contributed by atoms with E-state index in [0.717, 1.165) is 11.4 Å². The molecule has 0 radical (unpaired) electrons. The third-order valence-electron chi connectivity index (χ3n) is 4.12. The van der Waals surface area contributed by atoms with E-state index in [4.69, 9.17) is 19.3 Å². The fourth-order valence-corrected chi connectivity index (χ4v) is 2.60. The number of ether oxygens (including phenoxy) is 3. The van der Waals surface area contributed by atoms with Crippen LogP contribution in [0, 0.1) is 0 Å². The fourth-order valence-electron chi connectivity index (χ4n) is 2.60. The van der Waals surface area contributed by atoms with Crippen molar-refractivity contribution in [3.8, 4) is 11.4 Å². The summed E-state index contributed by atoms with van der Waals surface area (Å²) in [4.78, 5) is 0. The normalized spacial score (nSPS) is 28.9. The zero-order valence-corrected chi connectivity index (χ0v) is 14.0. The smallest absolute Gasteiger partial charge is 0.187 e. The molecule has 0 saturated carbocycles. The van der Waals surface area contributed by atoms with Gasteiger partial charge >= 0.3 is 0 Å². The summed E-state index contributed by atoms with van der Waals surface area (Å²) in [5.41, 5.74) is 1.25. The highest BCUT2D eigenvalue weighted by molar-refractivity contribution is 5.36. The van der Waals surface area contributed by atoms with Crippen molar-refractivity contribution in [3.05, 3.63) is 36.2 Å². The van der Waals surface area contributed by atoms with E-state index in [2.05, 4.69) is 10.3 Å². The molecular weight excluding hydrogens is 346 g/mol. The Morgan fingerprint density at radius 3 is 2.50 bits per heavy atom. The first-order valence-electron chi connectivity index (χ1n) is 8.01. The molecule has 5 atom stereocenters. The van der Waals surface area contributed by atoms with Gasteiger partial charge in [0, 0.05) is 0 Å². The summed E-state index contributed by atoms with van der Waals surface area (Å²) in [6.45, 7) is -0.558. The standard InChI is InChI=1S/C16H21N3O7/c1-24-11-4-2-10(3-5-11)19-6-9(17-18-19)8-25-16-15(23)14(22)13(21)12(7-20)26-16/h2-6,12-16,20-23H,7-8H2,1H3/t12-,13-,14+,15+,16+/m1/s1. The SMILES string of the molecule is COc1ccc(-n2cc(CO[C@H]3O[C@H](CO)[C@@H](O)[C@H](O)[C@@H]3O)nn2)cc1. The van der Waals surface area contributed by atoms with Gasteiger partial charge in [-0.1, -0.05) is 5.21 Å². The Balaban J connectivity index is 1.62. The molecule has 1 aromatic heterocycles. The van der Waals surface area contributed by atoms with Crippen molar-refractivity contribution in [2.75, 3.05) is 13.7 Å².